The molecule has 23 heavy (non-hydrogen) atoms. The highest BCUT2D eigenvalue weighted by molar-refractivity contribution is 7.10. The number of nitrogens with zero attached hydrogens (tertiary/aromatic N) is 2. The van der Waals surface area contributed by atoms with Crippen LogP contribution < -0.4 is 0 Å². The number of aromatic nitrogens is 1. The average molecular weight is 326 g/mol. The maximum Gasteiger partial charge on any atom is 0.253 e. The number of rotatable bonds is 3. The lowest BCUT2D eigenvalue weighted by molar-refractivity contribution is 0.0697. The van der Waals surface area contributed by atoms with Crippen molar-refractivity contribution in [2.45, 2.75) is 38.5 Å². The van der Waals surface area contributed by atoms with Gasteiger partial charge in [-0.05, 0) is 43.7 Å². The fraction of sp³-hybridized carbons (Fsp3) is 0.474. The zero-order valence-corrected chi connectivity index (χ0v) is 14.3. The van der Waals surface area contributed by atoms with E-state index in [0.29, 0.717) is 5.92 Å². The quantitative estimate of drug-likeness (QED) is 0.828. The minimum absolute atomic E-state index is 0.167. The van der Waals surface area contributed by atoms with Crippen molar-refractivity contribution in [2.75, 3.05) is 13.1 Å². The topological polar surface area (TPSA) is 33.2 Å². The Labute approximate surface area is 141 Å². The third-order valence-electron chi connectivity index (χ3n) is 4.95. The van der Waals surface area contributed by atoms with Gasteiger partial charge in [0, 0.05) is 35.5 Å². The van der Waals surface area contributed by atoms with Crippen LogP contribution in [0.3, 0.4) is 0 Å². The molecule has 0 atom stereocenters. The smallest absolute Gasteiger partial charge is 0.253 e. The van der Waals surface area contributed by atoms with E-state index in [-0.39, 0.29) is 5.91 Å². The molecule has 0 spiro atoms. The van der Waals surface area contributed by atoms with Gasteiger partial charge in [-0.1, -0.05) is 19.1 Å². The number of thiazole rings is 1. The van der Waals surface area contributed by atoms with E-state index in [9.17, 15) is 4.79 Å². The third kappa shape index (κ3) is 3.18. The van der Waals surface area contributed by atoms with Gasteiger partial charge >= 0.3 is 0 Å². The molecule has 1 saturated carbocycles. The first-order valence-corrected chi connectivity index (χ1v) is 9.44. The second kappa shape index (κ2) is 6.08. The number of hydrogen-bond acceptors (Lipinski definition) is 3. The minimum atomic E-state index is 0.167. The molecule has 1 aromatic carbocycles. The Morgan fingerprint density at radius 1 is 1.13 bits per heavy atom. The number of piperidine rings is 1. The van der Waals surface area contributed by atoms with Crippen molar-refractivity contribution in [3.8, 4) is 11.3 Å². The van der Waals surface area contributed by atoms with Gasteiger partial charge in [0.05, 0.1) is 10.7 Å². The minimum Gasteiger partial charge on any atom is -0.339 e. The van der Waals surface area contributed by atoms with E-state index >= 15 is 0 Å². The predicted molar refractivity (Wildman–Crippen MR) is 93.8 cm³/mol. The second-order valence-electron chi connectivity index (χ2n) is 6.90. The van der Waals surface area contributed by atoms with Gasteiger partial charge in [-0.15, -0.1) is 11.3 Å². The molecule has 1 saturated heterocycles. The van der Waals surface area contributed by atoms with Gasteiger partial charge in [0.2, 0.25) is 0 Å². The number of carbonyl (C=O) groups is 1. The van der Waals surface area contributed by atoms with Gasteiger partial charge < -0.3 is 4.90 Å². The Kier molecular flexibility index (Phi) is 3.93. The summed E-state index contributed by atoms with van der Waals surface area (Å²) < 4.78 is 0. The largest absolute Gasteiger partial charge is 0.339 e. The molecule has 2 heterocycles. The van der Waals surface area contributed by atoms with Gasteiger partial charge in [0.15, 0.2) is 0 Å². The van der Waals surface area contributed by atoms with Crippen LogP contribution in [0.4, 0.5) is 0 Å². The molecular formula is C19H22N2OS. The molecule has 4 rings (SSSR count). The normalized spacial score (nSPS) is 19.1. The van der Waals surface area contributed by atoms with E-state index in [1.165, 1.54) is 17.8 Å². The summed E-state index contributed by atoms with van der Waals surface area (Å²) in [6.07, 6.45) is 4.81. The molecule has 1 aliphatic heterocycles. The molecule has 4 heteroatoms. The first-order valence-electron chi connectivity index (χ1n) is 8.56. The highest BCUT2D eigenvalue weighted by atomic mass is 32.1. The molecule has 0 N–H and O–H groups in total. The van der Waals surface area contributed by atoms with Crippen LogP contribution >= 0.6 is 11.3 Å². The van der Waals surface area contributed by atoms with Crippen LogP contribution in [-0.4, -0.2) is 28.9 Å². The van der Waals surface area contributed by atoms with Crippen molar-refractivity contribution in [1.82, 2.24) is 9.88 Å². The lowest BCUT2D eigenvalue weighted by Crippen LogP contribution is -2.37. The highest BCUT2D eigenvalue weighted by Crippen LogP contribution is 2.42. The van der Waals surface area contributed by atoms with Crippen molar-refractivity contribution < 1.29 is 4.79 Å². The monoisotopic (exact) mass is 326 g/mol. The molecule has 0 radical (unpaired) electrons. The summed E-state index contributed by atoms with van der Waals surface area (Å²) in [5, 5.41) is 3.40. The first kappa shape index (κ1) is 14.9. The molecule has 120 valence electrons. The predicted octanol–water partition coefficient (Wildman–Crippen LogP) is 4.56. The number of carbonyl (C=O) groups excluding carboxylic acids is 1. The lowest BCUT2D eigenvalue weighted by atomic mass is 9.98. The average Bonchev–Trinajstić information content (AvgIpc) is 3.32. The van der Waals surface area contributed by atoms with Crippen LogP contribution in [0.5, 0.6) is 0 Å². The Bertz CT molecular complexity index is 694. The zero-order chi connectivity index (χ0) is 15.8. The van der Waals surface area contributed by atoms with Crippen LogP contribution in [0, 0.1) is 5.92 Å². The van der Waals surface area contributed by atoms with E-state index in [1.54, 1.807) is 11.3 Å². The van der Waals surface area contributed by atoms with Crippen molar-refractivity contribution in [3.05, 3.63) is 40.2 Å². The molecule has 3 nitrogen and oxygen atoms in total. The number of hydrogen-bond donors (Lipinski definition) is 0. The second-order valence-corrected chi connectivity index (χ2v) is 7.79. The molecule has 0 bridgehead atoms. The summed E-state index contributed by atoms with van der Waals surface area (Å²) in [6.45, 7) is 4.04. The van der Waals surface area contributed by atoms with Gasteiger partial charge in [0.1, 0.15) is 0 Å². The van der Waals surface area contributed by atoms with E-state index in [2.05, 4.69) is 12.3 Å². The lowest BCUT2D eigenvalue weighted by Gasteiger charge is -2.30. The van der Waals surface area contributed by atoms with Gasteiger partial charge in [0.25, 0.3) is 5.91 Å². The zero-order valence-electron chi connectivity index (χ0n) is 13.5. The van der Waals surface area contributed by atoms with Crippen LogP contribution in [0.2, 0.25) is 0 Å². The van der Waals surface area contributed by atoms with E-state index in [4.69, 9.17) is 4.98 Å². The SMILES string of the molecule is CC1CCN(C(=O)c2ccc(-c3csc(C4CC4)n3)cc2)CC1. The molecule has 2 aromatic rings. The summed E-state index contributed by atoms with van der Waals surface area (Å²) in [5.41, 5.74) is 2.95. The Morgan fingerprint density at radius 2 is 1.83 bits per heavy atom. The number of amides is 1. The molecule has 2 fully saturated rings. The Balaban J connectivity index is 1.47. The van der Waals surface area contributed by atoms with Gasteiger partial charge in [-0.25, -0.2) is 4.98 Å². The maximum atomic E-state index is 12.6. The fourth-order valence-corrected chi connectivity index (χ4v) is 4.12. The molecule has 2 aliphatic rings. The molecule has 1 aliphatic carbocycles. The summed E-state index contributed by atoms with van der Waals surface area (Å²) in [5.74, 6) is 1.61. The number of benzene rings is 1. The van der Waals surface area contributed by atoms with Crippen LogP contribution in [0.1, 0.15) is 53.9 Å². The van der Waals surface area contributed by atoms with Crippen molar-refractivity contribution in [3.63, 3.8) is 0 Å². The fourth-order valence-electron chi connectivity index (χ4n) is 3.12. The first-order chi connectivity index (χ1) is 11.2. The van der Waals surface area contributed by atoms with Crippen molar-refractivity contribution in [2.24, 2.45) is 5.92 Å². The van der Waals surface area contributed by atoms with Gasteiger partial charge in [-0.3, -0.25) is 4.79 Å². The summed E-state index contributed by atoms with van der Waals surface area (Å²) in [7, 11) is 0. The summed E-state index contributed by atoms with van der Waals surface area (Å²) in [6, 6.07) is 7.97. The Morgan fingerprint density at radius 3 is 2.48 bits per heavy atom. The standard InChI is InChI=1S/C19H22N2OS/c1-13-8-10-21(11-9-13)19(22)16-6-2-14(3-7-16)17-12-23-18(20-17)15-4-5-15/h2-3,6-7,12-13,15H,4-5,8-11H2,1H3. The molecule has 1 aromatic heterocycles. The Hall–Kier alpha value is -1.68. The van der Waals surface area contributed by atoms with Crippen LogP contribution in [0.15, 0.2) is 29.6 Å². The van der Waals surface area contributed by atoms with E-state index < -0.39 is 0 Å². The van der Waals surface area contributed by atoms with E-state index in [0.717, 1.165) is 48.7 Å². The maximum absolute atomic E-state index is 12.6. The third-order valence-corrected chi connectivity index (χ3v) is 5.95. The van der Waals surface area contributed by atoms with Crippen molar-refractivity contribution in [1.29, 1.82) is 0 Å². The molecule has 0 unspecified atom stereocenters. The summed E-state index contributed by atoms with van der Waals surface area (Å²) in [4.78, 5) is 19.3. The molecule has 1 amide bonds. The highest BCUT2D eigenvalue weighted by Gasteiger charge is 2.27. The molecular weight excluding hydrogens is 304 g/mol. The summed E-state index contributed by atoms with van der Waals surface area (Å²) >= 11 is 1.76. The van der Waals surface area contributed by atoms with Crippen LogP contribution in [-0.2, 0) is 0 Å². The van der Waals surface area contributed by atoms with Crippen molar-refractivity contribution >= 4 is 17.2 Å². The number of likely N-dealkylation sites (tertiary alicyclic amines) is 1. The van der Waals surface area contributed by atoms with Crippen LogP contribution in [0.25, 0.3) is 11.3 Å². The van der Waals surface area contributed by atoms with E-state index in [1.807, 2.05) is 29.2 Å². The van der Waals surface area contributed by atoms with Gasteiger partial charge in [-0.2, -0.15) is 0 Å².